The van der Waals surface area contributed by atoms with Gasteiger partial charge in [-0.3, -0.25) is 4.79 Å². The van der Waals surface area contributed by atoms with E-state index in [-0.39, 0.29) is 12.0 Å². The van der Waals surface area contributed by atoms with E-state index in [9.17, 15) is 4.79 Å². The van der Waals surface area contributed by atoms with Crippen LogP contribution in [0.25, 0.3) is 0 Å². The van der Waals surface area contributed by atoms with Crippen LogP contribution >= 0.6 is 0 Å². The molecule has 5 nitrogen and oxygen atoms in total. The minimum absolute atomic E-state index is 0.210. The number of nitrogens with one attached hydrogen (secondary N) is 1. The van der Waals surface area contributed by atoms with Crippen molar-refractivity contribution in [3.63, 3.8) is 0 Å². The third kappa shape index (κ3) is 3.22. The first-order chi connectivity index (χ1) is 9.10. The highest BCUT2D eigenvalue weighted by Gasteiger charge is 2.25. The standard InChI is InChI=1S/C14H17N3O2/c1-9-2-7-13(17-12(9)8-15)16-11-5-3-10(4-6-11)14(18)19/h2,7,10-11H,3-6H2,1H3,(H,16,17)(H,18,19). The van der Waals surface area contributed by atoms with Crippen LogP contribution in [-0.2, 0) is 4.79 Å². The summed E-state index contributed by atoms with van der Waals surface area (Å²) in [6, 6.07) is 6.05. The van der Waals surface area contributed by atoms with E-state index >= 15 is 0 Å². The molecule has 5 heteroatoms. The number of hydrogen-bond donors (Lipinski definition) is 2. The van der Waals surface area contributed by atoms with Crippen LogP contribution in [0.1, 0.15) is 36.9 Å². The van der Waals surface area contributed by atoms with Gasteiger partial charge in [-0.25, -0.2) is 4.98 Å². The third-order valence-corrected chi connectivity index (χ3v) is 3.63. The minimum atomic E-state index is -0.696. The summed E-state index contributed by atoms with van der Waals surface area (Å²) >= 11 is 0. The number of rotatable bonds is 3. The number of pyridine rings is 1. The lowest BCUT2D eigenvalue weighted by molar-refractivity contribution is -0.142. The van der Waals surface area contributed by atoms with Crippen molar-refractivity contribution >= 4 is 11.8 Å². The molecule has 0 bridgehead atoms. The lowest BCUT2D eigenvalue weighted by Crippen LogP contribution is -2.29. The number of carboxylic acid groups (broad SMARTS) is 1. The first-order valence-electron chi connectivity index (χ1n) is 6.47. The number of aromatic nitrogens is 1. The highest BCUT2D eigenvalue weighted by Crippen LogP contribution is 2.26. The normalized spacial score (nSPS) is 22.5. The quantitative estimate of drug-likeness (QED) is 0.870. The van der Waals surface area contributed by atoms with Gasteiger partial charge in [0.1, 0.15) is 17.6 Å². The summed E-state index contributed by atoms with van der Waals surface area (Å²) in [7, 11) is 0. The maximum atomic E-state index is 10.9. The largest absolute Gasteiger partial charge is 0.481 e. The fraction of sp³-hybridized carbons (Fsp3) is 0.500. The zero-order valence-corrected chi connectivity index (χ0v) is 10.9. The molecule has 0 aromatic carbocycles. The molecule has 1 saturated carbocycles. The van der Waals surface area contributed by atoms with Crippen LogP contribution in [0, 0.1) is 24.2 Å². The molecule has 0 radical (unpaired) electrons. The fourth-order valence-electron chi connectivity index (χ4n) is 2.42. The van der Waals surface area contributed by atoms with Crippen molar-refractivity contribution in [3.05, 3.63) is 23.4 Å². The van der Waals surface area contributed by atoms with Gasteiger partial charge in [-0.1, -0.05) is 6.07 Å². The first-order valence-corrected chi connectivity index (χ1v) is 6.47. The van der Waals surface area contributed by atoms with Gasteiger partial charge in [-0.2, -0.15) is 5.26 Å². The van der Waals surface area contributed by atoms with E-state index in [1.165, 1.54) is 0 Å². The summed E-state index contributed by atoms with van der Waals surface area (Å²) in [6.45, 7) is 1.85. The second-order valence-corrected chi connectivity index (χ2v) is 5.00. The Morgan fingerprint density at radius 1 is 1.42 bits per heavy atom. The summed E-state index contributed by atoms with van der Waals surface area (Å²) in [5.41, 5.74) is 1.30. The molecular formula is C14H17N3O2. The first kappa shape index (κ1) is 13.3. The molecule has 2 rings (SSSR count). The number of aliphatic carboxylic acids is 1. The summed E-state index contributed by atoms with van der Waals surface area (Å²) in [6.07, 6.45) is 3.05. The number of nitriles is 1. The van der Waals surface area contributed by atoms with Crippen LogP contribution in [0.5, 0.6) is 0 Å². The Hall–Kier alpha value is -2.09. The van der Waals surface area contributed by atoms with Gasteiger partial charge in [0.15, 0.2) is 0 Å². The van der Waals surface area contributed by atoms with E-state index in [0.717, 1.165) is 18.4 Å². The van der Waals surface area contributed by atoms with Crippen LogP contribution in [0.15, 0.2) is 12.1 Å². The molecule has 1 aromatic heterocycles. The van der Waals surface area contributed by atoms with Crippen LogP contribution in [0.3, 0.4) is 0 Å². The van der Waals surface area contributed by atoms with Gasteiger partial charge in [0.2, 0.25) is 0 Å². The third-order valence-electron chi connectivity index (χ3n) is 3.63. The number of aryl methyl sites for hydroxylation is 1. The SMILES string of the molecule is Cc1ccc(NC2CCC(C(=O)O)CC2)nc1C#N. The van der Waals surface area contributed by atoms with Crippen molar-refractivity contribution in [2.45, 2.75) is 38.6 Å². The molecule has 1 fully saturated rings. The maximum Gasteiger partial charge on any atom is 0.306 e. The van der Waals surface area contributed by atoms with Gasteiger partial charge in [0.25, 0.3) is 0 Å². The van der Waals surface area contributed by atoms with Crippen molar-refractivity contribution in [1.82, 2.24) is 4.98 Å². The topological polar surface area (TPSA) is 86.0 Å². The Labute approximate surface area is 112 Å². The van der Waals surface area contributed by atoms with E-state index in [1.54, 1.807) is 0 Å². The second-order valence-electron chi connectivity index (χ2n) is 5.00. The van der Waals surface area contributed by atoms with Gasteiger partial charge in [0.05, 0.1) is 5.92 Å². The number of carboxylic acids is 1. The molecule has 100 valence electrons. The van der Waals surface area contributed by atoms with Crippen molar-refractivity contribution < 1.29 is 9.90 Å². The molecule has 0 amide bonds. The van der Waals surface area contributed by atoms with Gasteiger partial charge in [0, 0.05) is 6.04 Å². The maximum absolute atomic E-state index is 10.9. The number of carbonyl (C=O) groups is 1. The highest BCUT2D eigenvalue weighted by atomic mass is 16.4. The average molecular weight is 259 g/mol. The van der Waals surface area contributed by atoms with Crippen molar-refractivity contribution in [1.29, 1.82) is 5.26 Å². The van der Waals surface area contributed by atoms with E-state index in [1.807, 2.05) is 19.1 Å². The Morgan fingerprint density at radius 2 is 2.11 bits per heavy atom. The van der Waals surface area contributed by atoms with Crippen LogP contribution in [0.4, 0.5) is 5.82 Å². The van der Waals surface area contributed by atoms with Gasteiger partial charge in [-0.05, 0) is 44.2 Å². The molecule has 0 aliphatic heterocycles. The molecule has 0 spiro atoms. The van der Waals surface area contributed by atoms with E-state index in [0.29, 0.717) is 24.4 Å². The van der Waals surface area contributed by atoms with Crippen molar-refractivity contribution in [2.75, 3.05) is 5.32 Å². The summed E-state index contributed by atoms with van der Waals surface area (Å²) in [4.78, 5) is 15.1. The van der Waals surface area contributed by atoms with E-state index < -0.39 is 5.97 Å². The predicted octanol–water partition coefficient (Wildman–Crippen LogP) is 2.32. The second kappa shape index (κ2) is 5.70. The minimum Gasteiger partial charge on any atom is -0.481 e. The summed E-state index contributed by atoms with van der Waals surface area (Å²) in [5, 5.41) is 21.2. The number of anilines is 1. The molecule has 1 aliphatic rings. The summed E-state index contributed by atoms with van der Waals surface area (Å²) in [5.74, 6) is -0.210. The molecule has 0 atom stereocenters. The van der Waals surface area contributed by atoms with Crippen LogP contribution < -0.4 is 5.32 Å². The van der Waals surface area contributed by atoms with Crippen molar-refractivity contribution in [3.8, 4) is 6.07 Å². The Kier molecular flexibility index (Phi) is 4.00. The Balaban J connectivity index is 1.96. The lowest BCUT2D eigenvalue weighted by Gasteiger charge is -2.27. The van der Waals surface area contributed by atoms with Crippen LogP contribution in [-0.4, -0.2) is 22.1 Å². The number of nitrogens with zero attached hydrogens (tertiary/aromatic N) is 2. The van der Waals surface area contributed by atoms with Gasteiger partial charge >= 0.3 is 5.97 Å². The monoisotopic (exact) mass is 259 g/mol. The lowest BCUT2D eigenvalue weighted by atomic mass is 9.86. The molecule has 1 aliphatic carbocycles. The fourth-order valence-corrected chi connectivity index (χ4v) is 2.42. The number of hydrogen-bond acceptors (Lipinski definition) is 4. The van der Waals surface area contributed by atoms with Gasteiger partial charge < -0.3 is 10.4 Å². The molecule has 19 heavy (non-hydrogen) atoms. The van der Waals surface area contributed by atoms with Crippen molar-refractivity contribution in [2.24, 2.45) is 5.92 Å². The zero-order valence-electron chi connectivity index (χ0n) is 10.9. The predicted molar refractivity (Wildman–Crippen MR) is 70.7 cm³/mol. The zero-order chi connectivity index (χ0) is 13.8. The average Bonchev–Trinajstić information content (AvgIpc) is 2.41. The molecule has 0 unspecified atom stereocenters. The molecule has 0 saturated heterocycles. The van der Waals surface area contributed by atoms with Gasteiger partial charge in [-0.15, -0.1) is 0 Å². The van der Waals surface area contributed by atoms with Crippen LogP contribution in [0.2, 0.25) is 0 Å². The van der Waals surface area contributed by atoms with E-state index in [2.05, 4.69) is 16.4 Å². The molecular weight excluding hydrogens is 242 g/mol. The Bertz CT molecular complexity index is 514. The Morgan fingerprint density at radius 3 is 2.68 bits per heavy atom. The smallest absolute Gasteiger partial charge is 0.306 e. The molecule has 1 aromatic rings. The summed E-state index contributed by atoms with van der Waals surface area (Å²) < 4.78 is 0. The molecule has 1 heterocycles. The molecule has 2 N–H and O–H groups in total. The van der Waals surface area contributed by atoms with E-state index in [4.69, 9.17) is 10.4 Å². The highest BCUT2D eigenvalue weighted by molar-refractivity contribution is 5.70.